The average molecular weight is 466 g/mol. The first-order valence-electron chi connectivity index (χ1n) is 10.6. The van der Waals surface area contributed by atoms with Gasteiger partial charge in [0.2, 0.25) is 0 Å². The third kappa shape index (κ3) is 6.17. The Morgan fingerprint density at radius 2 is 1.79 bits per heavy atom. The molecule has 2 amide bonds. The van der Waals surface area contributed by atoms with Gasteiger partial charge in [0, 0.05) is 12.1 Å². The highest BCUT2D eigenvalue weighted by atomic mass is 16.5. The molecule has 0 N–H and O–H groups in total. The molecule has 0 saturated carbocycles. The molecule has 2 rings (SSSR count). The van der Waals surface area contributed by atoms with Crippen molar-refractivity contribution in [2.45, 2.75) is 19.8 Å². The van der Waals surface area contributed by atoms with Gasteiger partial charge in [-0.05, 0) is 49.1 Å². The molecular weight excluding hydrogens is 438 g/mol. The summed E-state index contributed by atoms with van der Waals surface area (Å²) < 4.78 is 15.3. The largest absolute Gasteiger partial charge is 0.493 e. The number of methoxy groups -OCH3 is 2. The second kappa shape index (κ2) is 12.7. The molecule has 34 heavy (non-hydrogen) atoms. The van der Waals surface area contributed by atoms with Crippen molar-refractivity contribution in [1.82, 2.24) is 4.90 Å². The van der Waals surface area contributed by atoms with E-state index in [0.29, 0.717) is 23.5 Å². The number of esters is 1. The zero-order valence-electron chi connectivity index (χ0n) is 19.4. The van der Waals surface area contributed by atoms with Crippen LogP contribution < -0.4 is 9.47 Å². The van der Waals surface area contributed by atoms with Crippen molar-refractivity contribution in [1.29, 1.82) is 0 Å². The van der Waals surface area contributed by atoms with Crippen molar-refractivity contribution in [3.63, 3.8) is 0 Å². The van der Waals surface area contributed by atoms with Gasteiger partial charge in [0.25, 0.3) is 5.91 Å². The lowest BCUT2D eigenvalue weighted by atomic mass is 10.0. The van der Waals surface area contributed by atoms with Crippen molar-refractivity contribution in [3.05, 3.63) is 77.3 Å². The lowest BCUT2D eigenvalue weighted by Crippen LogP contribution is -2.46. The van der Waals surface area contributed by atoms with E-state index in [1.54, 1.807) is 55.5 Å². The Bertz CT molecular complexity index is 1120. The summed E-state index contributed by atoms with van der Waals surface area (Å²) in [6.45, 7) is 5.11. The van der Waals surface area contributed by atoms with Gasteiger partial charge in [-0.1, -0.05) is 30.3 Å². The summed E-state index contributed by atoms with van der Waals surface area (Å²) in [5.41, 5.74) is 10.1. The van der Waals surface area contributed by atoms with Gasteiger partial charge in [0.15, 0.2) is 11.5 Å². The van der Waals surface area contributed by atoms with E-state index in [1.165, 1.54) is 14.2 Å². The highest BCUT2D eigenvalue weighted by Gasteiger charge is 2.38. The standard InChI is InChI=1S/C25H27N3O6/c1-5-9-18-10-7-8-11-19(18)23(29)28(24(30)22(27-26)25(31)34-6-2)15-14-17-12-13-20(32-3)21(16-17)33-4/h5,7-8,10-13,16H,1,6,9,14-15H2,2-4H3. The topological polar surface area (TPSA) is 119 Å². The predicted octanol–water partition coefficient (Wildman–Crippen LogP) is 2.88. The minimum atomic E-state index is -1.13. The fraction of sp³-hybridized carbons (Fsp3) is 0.280. The SMILES string of the molecule is C=CCc1ccccc1C(=O)N(CCc1ccc(OC)c(OC)c1)C(=O)C(=[N+]=[N-])C(=O)OCC. The lowest BCUT2D eigenvalue weighted by molar-refractivity contribution is -0.143. The number of amides is 2. The molecule has 0 spiro atoms. The van der Waals surface area contributed by atoms with Crippen LogP contribution in [0.15, 0.2) is 55.1 Å². The number of ether oxygens (including phenoxy) is 3. The number of hydrogen-bond acceptors (Lipinski definition) is 6. The predicted molar refractivity (Wildman–Crippen MR) is 125 cm³/mol. The van der Waals surface area contributed by atoms with Crippen molar-refractivity contribution in [2.24, 2.45) is 0 Å². The van der Waals surface area contributed by atoms with Gasteiger partial charge in [-0.25, -0.2) is 4.79 Å². The lowest BCUT2D eigenvalue weighted by Gasteiger charge is -2.20. The van der Waals surface area contributed by atoms with Crippen LogP contribution in [0, 0.1) is 0 Å². The quantitative estimate of drug-likeness (QED) is 0.126. The molecule has 0 bridgehead atoms. The Hall–Kier alpha value is -4.23. The van der Waals surface area contributed by atoms with Gasteiger partial charge >= 0.3 is 17.6 Å². The van der Waals surface area contributed by atoms with Crippen LogP contribution in [-0.4, -0.2) is 60.6 Å². The number of imide groups is 1. The third-order valence-corrected chi connectivity index (χ3v) is 4.95. The first-order valence-corrected chi connectivity index (χ1v) is 10.6. The second-order valence-corrected chi connectivity index (χ2v) is 7.02. The molecule has 9 heteroatoms. The monoisotopic (exact) mass is 465 g/mol. The van der Waals surface area contributed by atoms with E-state index in [4.69, 9.17) is 14.2 Å². The Balaban J connectivity index is 2.44. The maximum atomic E-state index is 13.5. The van der Waals surface area contributed by atoms with Gasteiger partial charge in [0.1, 0.15) is 0 Å². The first-order chi connectivity index (χ1) is 16.4. The van der Waals surface area contributed by atoms with Gasteiger partial charge in [-0.15, -0.1) is 6.58 Å². The summed E-state index contributed by atoms with van der Waals surface area (Å²) >= 11 is 0. The number of hydrogen-bond donors (Lipinski definition) is 0. The van der Waals surface area contributed by atoms with Crippen LogP contribution in [0.25, 0.3) is 5.53 Å². The van der Waals surface area contributed by atoms with Gasteiger partial charge in [-0.3, -0.25) is 14.5 Å². The molecule has 0 aliphatic heterocycles. The molecule has 2 aromatic rings. The summed E-state index contributed by atoms with van der Waals surface area (Å²) in [4.78, 5) is 42.5. The molecular formula is C25H27N3O6. The number of rotatable bonds is 11. The van der Waals surface area contributed by atoms with E-state index in [0.717, 1.165) is 10.5 Å². The van der Waals surface area contributed by atoms with Crippen LogP contribution in [0.4, 0.5) is 0 Å². The summed E-state index contributed by atoms with van der Waals surface area (Å²) in [5, 5.41) is 0. The molecule has 0 atom stereocenters. The van der Waals surface area contributed by atoms with Gasteiger partial charge < -0.3 is 19.7 Å². The smallest absolute Gasteiger partial charge is 0.463 e. The third-order valence-electron chi connectivity index (χ3n) is 4.95. The highest BCUT2D eigenvalue weighted by molar-refractivity contribution is 6.62. The van der Waals surface area contributed by atoms with E-state index in [2.05, 4.69) is 11.4 Å². The number of benzene rings is 2. The Morgan fingerprint density at radius 3 is 2.41 bits per heavy atom. The van der Waals surface area contributed by atoms with Gasteiger partial charge in [0.05, 0.1) is 20.8 Å². The second-order valence-electron chi connectivity index (χ2n) is 7.02. The molecule has 0 fully saturated rings. The number of allylic oxidation sites excluding steroid dienone is 1. The molecule has 0 aliphatic carbocycles. The van der Waals surface area contributed by atoms with Crippen molar-refractivity contribution >= 4 is 23.5 Å². The number of carbonyl (C=O) groups excluding carboxylic acids is 3. The van der Waals surface area contributed by atoms with Crippen LogP contribution in [0.5, 0.6) is 11.5 Å². The zero-order valence-corrected chi connectivity index (χ0v) is 19.4. The fourth-order valence-corrected chi connectivity index (χ4v) is 3.28. The Morgan fingerprint density at radius 1 is 1.09 bits per heavy atom. The molecule has 0 saturated heterocycles. The highest BCUT2D eigenvalue weighted by Crippen LogP contribution is 2.28. The van der Waals surface area contributed by atoms with E-state index in [9.17, 15) is 19.9 Å². The van der Waals surface area contributed by atoms with E-state index in [1.807, 2.05) is 0 Å². The molecule has 2 aromatic carbocycles. The maximum absolute atomic E-state index is 13.5. The Labute approximate surface area is 198 Å². The van der Waals surface area contributed by atoms with Crippen LogP contribution in [0.3, 0.4) is 0 Å². The summed E-state index contributed by atoms with van der Waals surface area (Å²) in [6.07, 6.45) is 2.28. The Kier molecular flexibility index (Phi) is 9.73. The number of nitrogens with zero attached hydrogens (tertiary/aromatic N) is 3. The van der Waals surface area contributed by atoms with E-state index < -0.39 is 23.5 Å². The van der Waals surface area contributed by atoms with Crippen LogP contribution in [0.1, 0.15) is 28.4 Å². The minimum absolute atomic E-state index is 0.0348. The molecule has 178 valence electrons. The number of carbonyl (C=O) groups is 3. The van der Waals surface area contributed by atoms with Gasteiger partial charge in [-0.2, -0.15) is 4.79 Å². The first kappa shape index (κ1) is 26.0. The van der Waals surface area contributed by atoms with Crippen molar-refractivity contribution < 1.29 is 33.4 Å². The molecule has 0 heterocycles. The minimum Gasteiger partial charge on any atom is -0.493 e. The summed E-state index contributed by atoms with van der Waals surface area (Å²) in [5.74, 6) is -1.82. The normalized spacial score (nSPS) is 9.97. The maximum Gasteiger partial charge on any atom is 0.463 e. The average Bonchev–Trinajstić information content (AvgIpc) is 2.85. The zero-order chi connectivity index (χ0) is 25.1. The fourth-order valence-electron chi connectivity index (χ4n) is 3.28. The van der Waals surface area contributed by atoms with Crippen LogP contribution >= 0.6 is 0 Å². The van der Waals surface area contributed by atoms with Crippen LogP contribution in [-0.2, 0) is 27.2 Å². The molecule has 0 unspecified atom stereocenters. The van der Waals surface area contributed by atoms with Crippen molar-refractivity contribution in [2.75, 3.05) is 27.4 Å². The van der Waals surface area contributed by atoms with Crippen molar-refractivity contribution in [3.8, 4) is 11.5 Å². The molecule has 0 aromatic heterocycles. The van der Waals surface area contributed by atoms with E-state index in [-0.39, 0.29) is 25.1 Å². The van der Waals surface area contributed by atoms with E-state index >= 15 is 0 Å². The molecule has 0 radical (unpaired) electrons. The molecule has 0 aliphatic rings. The summed E-state index contributed by atoms with van der Waals surface area (Å²) in [6, 6.07) is 12.0. The molecule has 9 nitrogen and oxygen atoms in total. The van der Waals surface area contributed by atoms with Crippen LogP contribution in [0.2, 0.25) is 0 Å². The summed E-state index contributed by atoms with van der Waals surface area (Å²) in [7, 11) is 3.02.